The fraction of sp³-hybridized carbons (Fsp3) is 0.762. The summed E-state index contributed by atoms with van der Waals surface area (Å²) >= 11 is 1.19. The molecule has 0 aromatic carbocycles. The van der Waals surface area contributed by atoms with E-state index in [1.54, 1.807) is 0 Å². The normalized spacial score (nSPS) is 13.2. The number of carboxylic acid groups (broad SMARTS) is 1. The van der Waals surface area contributed by atoms with Crippen molar-refractivity contribution >= 4 is 41.5 Å². The highest BCUT2D eigenvalue weighted by Crippen LogP contribution is 2.09. The molecule has 3 atom stereocenters. The third kappa shape index (κ3) is 20.3. The van der Waals surface area contributed by atoms with Crippen LogP contribution < -0.4 is 16.4 Å². The fourth-order valence-corrected chi connectivity index (χ4v) is 3.37. The van der Waals surface area contributed by atoms with Crippen LogP contribution in [0.2, 0.25) is 0 Å². The van der Waals surface area contributed by atoms with Crippen molar-refractivity contribution < 1.29 is 57.9 Å². The number of hydrogen-bond acceptors (Lipinski definition) is 13. The first-order chi connectivity index (χ1) is 17.6. The predicted molar refractivity (Wildman–Crippen MR) is 130 cm³/mol. The van der Waals surface area contributed by atoms with E-state index >= 15 is 0 Å². The van der Waals surface area contributed by atoms with Gasteiger partial charge in [0, 0.05) is 31.9 Å². The third-order valence-corrected chi connectivity index (χ3v) is 5.28. The lowest BCUT2D eigenvalue weighted by Gasteiger charge is -2.20. The Kier molecular flexibility index (Phi) is 20.1. The SMILES string of the molecule is CC(=O)OC[C@H](CSC[C@H](N)C(=O)N[C@@H](CO)C(=O)NCCOCCOCCOCC(=O)O)OC(C)=O. The highest BCUT2D eigenvalue weighted by Gasteiger charge is 2.23. The van der Waals surface area contributed by atoms with Crippen LogP contribution in [0.3, 0.4) is 0 Å². The number of amides is 2. The molecule has 0 aliphatic carbocycles. The molecule has 37 heavy (non-hydrogen) atoms. The van der Waals surface area contributed by atoms with Crippen LogP contribution in [0.5, 0.6) is 0 Å². The maximum Gasteiger partial charge on any atom is 0.329 e. The smallest absolute Gasteiger partial charge is 0.329 e. The van der Waals surface area contributed by atoms with Gasteiger partial charge in [-0.25, -0.2) is 4.79 Å². The summed E-state index contributed by atoms with van der Waals surface area (Å²) in [6, 6.07) is -2.23. The van der Waals surface area contributed by atoms with E-state index in [1.165, 1.54) is 25.6 Å². The number of rotatable bonds is 22. The summed E-state index contributed by atoms with van der Waals surface area (Å²) in [5.41, 5.74) is 5.84. The number of esters is 2. The molecule has 0 saturated heterocycles. The van der Waals surface area contributed by atoms with Crippen LogP contribution >= 0.6 is 11.8 Å². The van der Waals surface area contributed by atoms with Crippen molar-refractivity contribution in [3.8, 4) is 0 Å². The number of aliphatic hydroxyl groups excluding tert-OH is 1. The number of carboxylic acids is 1. The van der Waals surface area contributed by atoms with Crippen molar-refractivity contribution in [1.29, 1.82) is 0 Å². The van der Waals surface area contributed by atoms with E-state index in [0.29, 0.717) is 0 Å². The van der Waals surface area contributed by atoms with Gasteiger partial charge in [-0.15, -0.1) is 0 Å². The summed E-state index contributed by atoms with van der Waals surface area (Å²) in [4.78, 5) is 56.9. The van der Waals surface area contributed by atoms with E-state index in [4.69, 9.17) is 34.5 Å². The Bertz CT molecular complexity index is 712. The molecule has 0 unspecified atom stereocenters. The Hall–Kier alpha value is -2.50. The second kappa shape index (κ2) is 21.6. The summed E-state index contributed by atoms with van der Waals surface area (Å²) in [7, 11) is 0. The van der Waals surface area contributed by atoms with Crippen LogP contribution in [0.4, 0.5) is 0 Å². The minimum Gasteiger partial charge on any atom is -0.480 e. The highest BCUT2D eigenvalue weighted by molar-refractivity contribution is 7.99. The van der Waals surface area contributed by atoms with Gasteiger partial charge in [0.15, 0.2) is 0 Å². The van der Waals surface area contributed by atoms with E-state index in [-0.39, 0.29) is 57.7 Å². The van der Waals surface area contributed by atoms with Gasteiger partial charge in [0.1, 0.15) is 25.4 Å². The van der Waals surface area contributed by atoms with E-state index in [2.05, 4.69) is 10.6 Å². The van der Waals surface area contributed by atoms with Gasteiger partial charge in [0.25, 0.3) is 0 Å². The Morgan fingerprint density at radius 2 is 1.51 bits per heavy atom. The lowest BCUT2D eigenvalue weighted by atomic mass is 10.2. The number of ether oxygens (including phenoxy) is 5. The lowest BCUT2D eigenvalue weighted by Crippen LogP contribution is -2.54. The van der Waals surface area contributed by atoms with Crippen LogP contribution in [-0.4, -0.2) is 129 Å². The van der Waals surface area contributed by atoms with Gasteiger partial charge < -0.3 is 50.3 Å². The molecular formula is C21H37N3O12S. The summed E-state index contributed by atoms with van der Waals surface area (Å²) in [6.45, 7) is 2.40. The zero-order valence-electron chi connectivity index (χ0n) is 21.0. The van der Waals surface area contributed by atoms with Gasteiger partial charge in [-0.3, -0.25) is 19.2 Å². The number of hydrogen-bond donors (Lipinski definition) is 5. The molecule has 6 N–H and O–H groups in total. The van der Waals surface area contributed by atoms with Gasteiger partial charge in [0.05, 0.1) is 45.7 Å². The Morgan fingerprint density at radius 1 is 0.892 bits per heavy atom. The Morgan fingerprint density at radius 3 is 2.08 bits per heavy atom. The number of nitrogens with one attached hydrogen (secondary N) is 2. The molecule has 2 amide bonds. The average Bonchev–Trinajstić information content (AvgIpc) is 2.83. The molecule has 0 aromatic rings. The van der Waals surface area contributed by atoms with E-state index < -0.39 is 61.1 Å². The molecule has 0 aromatic heterocycles. The van der Waals surface area contributed by atoms with Gasteiger partial charge in [0.2, 0.25) is 11.8 Å². The summed E-state index contributed by atoms with van der Waals surface area (Å²) in [5, 5.41) is 22.7. The van der Waals surface area contributed by atoms with Crippen molar-refractivity contribution in [2.75, 3.05) is 70.9 Å². The maximum atomic E-state index is 12.3. The summed E-state index contributed by atoms with van der Waals surface area (Å²) in [6.07, 6.45) is -0.704. The molecule has 214 valence electrons. The van der Waals surface area contributed by atoms with Crippen molar-refractivity contribution in [3.05, 3.63) is 0 Å². The first kappa shape index (κ1) is 34.5. The largest absolute Gasteiger partial charge is 0.480 e. The lowest BCUT2D eigenvalue weighted by molar-refractivity contribution is -0.154. The molecular weight excluding hydrogens is 518 g/mol. The Labute approximate surface area is 219 Å². The zero-order valence-corrected chi connectivity index (χ0v) is 21.8. The van der Waals surface area contributed by atoms with Crippen molar-refractivity contribution in [1.82, 2.24) is 10.6 Å². The second-order valence-corrected chi connectivity index (χ2v) is 8.46. The molecule has 0 spiro atoms. The van der Waals surface area contributed by atoms with E-state index in [0.717, 1.165) is 0 Å². The quantitative estimate of drug-likeness (QED) is 0.0676. The van der Waals surface area contributed by atoms with Crippen LogP contribution in [0.15, 0.2) is 0 Å². The molecule has 0 rings (SSSR count). The van der Waals surface area contributed by atoms with Crippen LogP contribution in [0.25, 0.3) is 0 Å². The summed E-state index contributed by atoms with van der Waals surface area (Å²) < 4.78 is 25.1. The second-order valence-electron chi connectivity index (χ2n) is 7.38. The van der Waals surface area contributed by atoms with Crippen LogP contribution in [-0.2, 0) is 47.7 Å². The van der Waals surface area contributed by atoms with Gasteiger partial charge in [-0.1, -0.05) is 0 Å². The Balaban J connectivity index is 4.12. The van der Waals surface area contributed by atoms with Crippen molar-refractivity contribution in [2.24, 2.45) is 5.73 Å². The minimum absolute atomic E-state index is 0.116. The number of carbonyl (C=O) groups is 5. The van der Waals surface area contributed by atoms with Crippen molar-refractivity contribution in [3.63, 3.8) is 0 Å². The molecule has 0 fully saturated rings. The highest BCUT2D eigenvalue weighted by atomic mass is 32.2. The maximum absolute atomic E-state index is 12.3. The predicted octanol–water partition coefficient (Wildman–Crippen LogP) is -2.73. The molecule has 0 aliphatic heterocycles. The average molecular weight is 556 g/mol. The third-order valence-electron chi connectivity index (χ3n) is 4.07. The molecule has 0 saturated carbocycles. The number of aliphatic hydroxyl groups is 1. The minimum atomic E-state index is -1.21. The molecule has 16 heteroatoms. The van der Waals surface area contributed by atoms with Gasteiger partial charge in [-0.2, -0.15) is 11.8 Å². The number of aliphatic carboxylic acids is 1. The van der Waals surface area contributed by atoms with Crippen molar-refractivity contribution in [2.45, 2.75) is 32.0 Å². The molecule has 15 nitrogen and oxygen atoms in total. The van der Waals surface area contributed by atoms with Gasteiger partial charge in [-0.05, 0) is 0 Å². The number of thioether (sulfide) groups is 1. The standard InChI is InChI=1S/C21H37N3O12S/c1-14(26)35-10-16(36-15(2)27)12-37-13-17(22)20(30)24-18(9-25)21(31)23-3-4-32-5-6-33-7-8-34-11-19(28)29/h16-18,25H,3-13,22H2,1-2H3,(H,23,31)(H,24,30)(H,28,29)/t16-,17+,18+/m1/s1. The van der Waals surface area contributed by atoms with Gasteiger partial charge >= 0.3 is 17.9 Å². The summed E-state index contributed by atoms with van der Waals surface area (Å²) in [5.74, 6) is -3.07. The van der Waals surface area contributed by atoms with Crippen LogP contribution in [0.1, 0.15) is 13.8 Å². The topological polar surface area (TPSA) is 222 Å². The molecule has 0 bridgehead atoms. The zero-order chi connectivity index (χ0) is 28.1. The number of carbonyl (C=O) groups excluding carboxylic acids is 4. The molecule has 0 aliphatic rings. The monoisotopic (exact) mass is 555 g/mol. The number of nitrogens with two attached hydrogens (primary N) is 1. The van der Waals surface area contributed by atoms with Crippen LogP contribution in [0, 0.1) is 0 Å². The first-order valence-corrected chi connectivity index (χ1v) is 12.5. The molecule has 0 radical (unpaired) electrons. The first-order valence-electron chi connectivity index (χ1n) is 11.3. The van der Waals surface area contributed by atoms with E-state index in [1.807, 2.05) is 0 Å². The molecule has 0 heterocycles. The fourth-order valence-electron chi connectivity index (χ4n) is 2.41. The van der Waals surface area contributed by atoms with E-state index in [9.17, 15) is 29.1 Å².